The molecule has 1 aliphatic rings. The molecule has 5 atom stereocenters. The fourth-order valence-corrected chi connectivity index (χ4v) is 3.30. The third-order valence-electron chi connectivity index (χ3n) is 5.12. The van der Waals surface area contributed by atoms with Crippen LogP contribution in [0.4, 0.5) is 0 Å². The van der Waals surface area contributed by atoms with Gasteiger partial charge in [-0.1, -0.05) is 42.8 Å². The Kier molecular flexibility index (Phi) is 9.43. The molecule has 2 aromatic rings. The number of aromatic hydroxyl groups is 1. The molecule has 0 aromatic heterocycles. The Balaban J connectivity index is 0.000000614. The van der Waals surface area contributed by atoms with Crippen LogP contribution in [-0.2, 0) is 16.0 Å². The summed E-state index contributed by atoms with van der Waals surface area (Å²) in [6.45, 7) is 2.96. The molecule has 0 saturated carbocycles. The number of ketones is 1. The minimum absolute atomic E-state index is 0.176. The number of carbonyl (C=O) groups is 1. The number of rotatable bonds is 5. The first kappa shape index (κ1) is 25.3. The number of hydrogen-bond acceptors (Lipinski definition) is 7. The van der Waals surface area contributed by atoms with Gasteiger partial charge in [0.1, 0.15) is 42.1 Å². The van der Waals surface area contributed by atoms with E-state index in [4.69, 9.17) is 16.3 Å². The average Bonchev–Trinajstić information content (AvgIpc) is 2.76. The number of ether oxygens (including phenoxy) is 1. The van der Waals surface area contributed by atoms with E-state index < -0.39 is 37.1 Å². The Labute approximate surface area is 186 Å². The van der Waals surface area contributed by atoms with Crippen molar-refractivity contribution < 1.29 is 35.1 Å². The Morgan fingerprint density at radius 3 is 2.19 bits per heavy atom. The van der Waals surface area contributed by atoms with Gasteiger partial charge in [-0.05, 0) is 48.2 Å². The van der Waals surface area contributed by atoms with Gasteiger partial charge in [0.25, 0.3) is 0 Å². The molecule has 0 spiro atoms. The lowest BCUT2D eigenvalue weighted by atomic mass is 9.90. The lowest BCUT2D eigenvalue weighted by Gasteiger charge is -2.40. The third-order valence-corrected chi connectivity index (χ3v) is 5.49. The van der Waals surface area contributed by atoms with E-state index in [0.717, 1.165) is 11.1 Å². The van der Waals surface area contributed by atoms with Gasteiger partial charge in [-0.25, -0.2) is 0 Å². The van der Waals surface area contributed by atoms with Gasteiger partial charge in [-0.3, -0.25) is 0 Å². The molecular formula is C23H29ClO7. The van der Waals surface area contributed by atoms with Crippen LogP contribution in [0, 0.1) is 0 Å². The normalized spacial score (nSPS) is 25.5. The quantitative estimate of drug-likeness (QED) is 0.470. The predicted octanol–water partition coefficient (Wildman–Crippen LogP) is 2.14. The first-order chi connectivity index (χ1) is 14.7. The molecule has 1 saturated heterocycles. The molecule has 0 unspecified atom stereocenters. The summed E-state index contributed by atoms with van der Waals surface area (Å²) in [6.07, 6.45) is -4.85. The summed E-state index contributed by atoms with van der Waals surface area (Å²) >= 11 is 6.28. The molecule has 5 N–H and O–H groups in total. The summed E-state index contributed by atoms with van der Waals surface area (Å²) in [5.41, 5.74) is 2.31. The zero-order valence-electron chi connectivity index (χ0n) is 17.5. The number of phenolic OH excluding ortho intramolecular Hbond substituents is 1. The van der Waals surface area contributed by atoms with E-state index in [-0.39, 0.29) is 11.5 Å². The zero-order chi connectivity index (χ0) is 23.1. The highest BCUT2D eigenvalue weighted by Gasteiger charge is 2.43. The minimum Gasteiger partial charge on any atom is -0.508 e. The average molecular weight is 453 g/mol. The van der Waals surface area contributed by atoms with Gasteiger partial charge in [0.05, 0.1) is 6.61 Å². The van der Waals surface area contributed by atoms with Gasteiger partial charge in [-0.2, -0.15) is 0 Å². The topological polar surface area (TPSA) is 127 Å². The van der Waals surface area contributed by atoms with Crippen molar-refractivity contribution in [2.45, 2.75) is 57.2 Å². The van der Waals surface area contributed by atoms with E-state index >= 15 is 0 Å². The monoisotopic (exact) mass is 452 g/mol. The van der Waals surface area contributed by atoms with Crippen molar-refractivity contribution >= 4 is 17.4 Å². The van der Waals surface area contributed by atoms with Crippen LogP contribution in [-0.4, -0.2) is 62.3 Å². The smallest absolute Gasteiger partial charge is 0.129 e. The molecule has 2 aromatic carbocycles. The largest absolute Gasteiger partial charge is 0.508 e. The van der Waals surface area contributed by atoms with Gasteiger partial charge < -0.3 is 35.1 Å². The van der Waals surface area contributed by atoms with E-state index in [1.165, 1.54) is 0 Å². The van der Waals surface area contributed by atoms with Gasteiger partial charge in [0.15, 0.2) is 0 Å². The number of phenols is 1. The first-order valence-corrected chi connectivity index (χ1v) is 10.4. The maximum atomic E-state index is 10.3. The highest BCUT2D eigenvalue weighted by Crippen LogP contribution is 2.34. The van der Waals surface area contributed by atoms with Crippen molar-refractivity contribution in [2.24, 2.45) is 0 Å². The summed E-state index contributed by atoms with van der Waals surface area (Å²) in [5.74, 6) is 0.430. The van der Waals surface area contributed by atoms with Crippen LogP contribution in [0.2, 0.25) is 5.02 Å². The zero-order valence-corrected chi connectivity index (χ0v) is 18.2. The molecule has 3 rings (SSSR count). The van der Waals surface area contributed by atoms with Crippen LogP contribution < -0.4 is 0 Å². The van der Waals surface area contributed by atoms with Crippen LogP contribution in [0.5, 0.6) is 5.75 Å². The minimum atomic E-state index is -1.43. The standard InChI is InChI=1S/C19H21ClO6.C4H8O/c20-14-6-3-11(8-12(14)7-10-1-4-13(22)5-2-10)19-18(25)17(24)16(23)15(9-21)26-19;1-3-4(2)5/h1-6,8,15-19,21-25H,7,9H2;3H2,1-2H3/t15-,16-,17+,18-,19+;/m1./s1. The maximum absolute atomic E-state index is 10.3. The van der Waals surface area contributed by atoms with Crippen LogP contribution in [0.1, 0.15) is 43.1 Å². The summed E-state index contributed by atoms with van der Waals surface area (Å²) in [7, 11) is 0. The van der Waals surface area contributed by atoms with E-state index in [2.05, 4.69) is 0 Å². The Bertz CT molecular complexity index is 854. The molecule has 1 fully saturated rings. The fraction of sp³-hybridized carbons (Fsp3) is 0.435. The molecule has 0 aliphatic carbocycles. The lowest BCUT2D eigenvalue weighted by Crippen LogP contribution is -2.55. The molecule has 1 heterocycles. The molecule has 0 bridgehead atoms. The third kappa shape index (κ3) is 6.74. The van der Waals surface area contributed by atoms with Crippen molar-refractivity contribution in [1.29, 1.82) is 0 Å². The number of benzene rings is 2. The second-order valence-electron chi connectivity index (χ2n) is 7.50. The molecular weight excluding hydrogens is 424 g/mol. The SMILES string of the molecule is CCC(C)=O.OC[C@H]1O[C@@H](c2ccc(Cl)c(Cc3ccc(O)cc3)c2)[C@H](O)[C@@H](O)[C@@H]1O. The van der Waals surface area contributed by atoms with Crippen molar-refractivity contribution in [3.63, 3.8) is 0 Å². The number of hydrogen-bond donors (Lipinski definition) is 5. The van der Waals surface area contributed by atoms with Gasteiger partial charge in [0.2, 0.25) is 0 Å². The second kappa shape index (κ2) is 11.6. The predicted molar refractivity (Wildman–Crippen MR) is 116 cm³/mol. The first-order valence-electron chi connectivity index (χ1n) is 10.0. The molecule has 170 valence electrons. The highest BCUT2D eigenvalue weighted by molar-refractivity contribution is 6.31. The Morgan fingerprint density at radius 2 is 1.65 bits per heavy atom. The number of Topliss-reactive ketones (excluding diaryl/α,β-unsaturated/α-hetero) is 1. The van der Waals surface area contributed by atoms with Gasteiger partial charge >= 0.3 is 0 Å². The summed E-state index contributed by atoms with van der Waals surface area (Å²) in [6, 6.07) is 11.9. The van der Waals surface area contributed by atoms with E-state index in [1.54, 1.807) is 49.4 Å². The van der Waals surface area contributed by atoms with E-state index in [1.807, 2.05) is 6.92 Å². The second-order valence-corrected chi connectivity index (χ2v) is 7.91. The summed E-state index contributed by atoms with van der Waals surface area (Å²) in [4.78, 5) is 9.81. The maximum Gasteiger partial charge on any atom is 0.129 e. The number of aliphatic hydroxyl groups is 4. The Morgan fingerprint density at radius 1 is 1.03 bits per heavy atom. The number of carbonyl (C=O) groups excluding carboxylic acids is 1. The van der Waals surface area contributed by atoms with Crippen LogP contribution >= 0.6 is 11.6 Å². The van der Waals surface area contributed by atoms with Crippen molar-refractivity contribution in [3.05, 3.63) is 64.2 Å². The van der Waals surface area contributed by atoms with E-state index in [9.17, 15) is 30.3 Å². The highest BCUT2D eigenvalue weighted by atomic mass is 35.5. The molecule has 1 aliphatic heterocycles. The van der Waals surface area contributed by atoms with Gasteiger partial charge in [0, 0.05) is 11.4 Å². The summed E-state index contributed by atoms with van der Waals surface area (Å²) in [5, 5.41) is 49.4. The number of aliphatic hydroxyl groups excluding tert-OH is 4. The van der Waals surface area contributed by atoms with E-state index in [0.29, 0.717) is 23.4 Å². The molecule has 31 heavy (non-hydrogen) atoms. The fourth-order valence-electron chi connectivity index (χ4n) is 3.12. The van der Waals surface area contributed by atoms with Crippen LogP contribution in [0.25, 0.3) is 0 Å². The van der Waals surface area contributed by atoms with Crippen molar-refractivity contribution in [2.75, 3.05) is 6.61 Å². The molecule has 8 heteroatoms. The lowest BCUT2D eigenvalue weighted by molar-refractivity contribution is -0.231. The van der Waals surface area contributed by atoms with Crippen LogP contribution in [0.15, 0.2) is 42.5 Å². The van der Waals surface area contributed by atoms with Crippen LogP contribution in [0.3, 0.4) is 0 Å². The Hall–Kier alpha value is -2.00. The van der Waals surface area contributed by atoms with Crippen molar-refractivity contribution in [3.8, 4) is 5.75 Å². The van der Waals surface area contributed by atoms with Crippen molar-refractivity contribution in [1.82, 2.24) is 0 Å². The van der Waals surface area contributed by atoms with Gasteiger partial charge in [-0.15, -0.1) is 0 Å². The molecule has 7 nitrogen and oxygen atoms in total. The number of halogens is 1. The summed E-state index contributed by atoms with van der Waals surface area (Å²) < 4.78 is 5.59. The molecule has 0 radical (unpaired) electrons. The molecule has 0 amide bonds.